The van der Waals surface area contributed by atoms with Gasteiger partial charge in [-0.3, -0.25) is 4.79 Å². The third-order valence-electron chi connectivity index (χ3n) is 3.03. The first-order chi connectivity index (χ1) is 8.34. The van der Waals surface area contributed by atoms with Gasteiger partial charge in [0.1, 0.15) is 0 Å². The van der Waals surface area contributed by atoms with Crippen molar-refractivity contribution < 1.29 is 4.79 Å². The molecule has 0 spiro atoms. The standard InChI is InChI=1S/C15H24N2O.ClH/c1-11(17-14(18)9-10-16)12-5-7-13(8-6-12)15(2,3)4;/h5-8,11H,9-10,16H2,1-4H3,(H,17,18);1H. The molecule has 0 aliphatic rings. The molecule has 108 valence electrons. The van der Waals surface area contributed by atoms with Crippen LogP contribution < -0.4 is 11.1 Å². The number of hydrogen-bond donors (Lipinski definition) is 2. The predicted molar refractivity (Wildman–Crippen MR) is 82.6 cm³/mol. The van der Waals surface area contributed by atoms with E-state index in [0.29, 0.717) is 13.0 Å². The number of nitrogens with one attached hydrogen (secondary N) is 1. The van der Waals surface area contributed by atoms with Gasteiger partial charge < -0.3 is 11.1 Å². The second-order valence-electron chi connectivity index (χ2n) is 5.70. The van der Waals surface area contributed by atoms with Crippen LogP contribution in [0, 0.1) is 0 Å². The Balaban J connectivity index is 0.00000324. The van der Waals surface area contributed by atoms with E-state index >= 15 is 0 Å². The zero-order valence-electron chi connectivity index (χ0n) is 12.2. The van der Waals surface area contributed by atoms with Gasteiger partial charge in [-0.1, -0.05) is 45.0 Å². The molecule has 1 amide bonds. The molecular weight excluding hydrogens is 260 g/mol. The summed E-state index contributed by atoms with van der Waals surface area (Å²) in [6, 6.07) is 8.43. The van der Waals surface area contributed by atoms with Crippen LogP contribution in [0.3, 0.4) is 0 Å². The molecule has 1 atom stereocenters. The molecule has 0 saturated heterocycles. The Kier molecular flexibility index (Phi) is 7.09. The summed E-state index contributed by atoms with van der Waals surface area (Å²) in [5.41, 5.74) is 7.92. The third-order valence-corrected chi connectivity index (χ3v) is 3.03. The molecule has 1 aromatic rings. The minimum Gasteiger partial charge on any atom is -0.350 e. The normalized spacial score (nSPS) is 12.5. The zero-order valence-corrected chi connectivity index (χ0v) is 13.0. The number of rotatable bonds is 4. The highest BCUT2D eigenvalue weighted by atomic mass is 35.5. The molecule has 3 nitrogen and oxygen atoms in total. The van der Waals surface area contributed by atoms with Crippen molar-refractivity contribution in [2.24, 2.45) is 5.73 Å². The van der Waals surface area contributed by atoms with Crippen molar-refractivity contribution in [1.29, 1.82) is 0 Å². The summed E-state index contributed by atoms with van der Waals surface area (Å²) in [5, 5.41) is 2.94. The highest BCUT2D eigenvalue weighted by Gasteiger charge is 2.14. The van der Waals surface area contributed by atoms with E-state index in [4.69, 9.17) is 5.73 Å². The van der Waals surface area contributed by atoms with Crippen LogP contribution in [-0.2, 0) is 10.2 Å². The van der Waals surface area contributed by atoms with Crippen molar-refractivity contribution in [2.75, 3.05) is 6.54 Å². The van der Waals surface area contributed by atoms with Gasteiger partial charge in [0.05, 0.1) is 6.04 Å². The van der Waals surface area contributed by atoms with Gasteiger partial charge in [-0.2, -0.15) is 0 Å². The maximum Gasteiger partial charge on any atom is 0.221 e. The summed E-state index contributed by atoms with van der Waals surface area (Å²) in [6.07, 6.45) is 0.379. The third kappa shape index (κ3) is 5.62. The van der Waals surface area contributed by atoms with E-state index in [9.17, 15) is 4.79 Å². The van der Waals surface area contributed by atoms with Crippen molar-refractivity contribution in [3.63, 3.8) is 0 Å². The number of hydrogen-bond acceptors (Lipinski definition) is 2. The lowest BCUT2D eigenvalue weighted by Crippen LogP contribution is -2.28. The molecule has 0 aliphatic carbocycles. The maximum absolute atomic E-state index is 11.5. The van der Waals surface area contributed by atoms with Crippen molar-refractivity contribution in [2.45, 2.75) is 45.6 Å². The van der Waals surface area contributed by atoms with E-state index < -0.39 is 0 Å². The van der Waals surface area contributed by atoms with Gasteiger partial charge in [0.2, 0.25) is 5.91 Å². The van der Waals surface area contributed by atoms with Crippen LogP contribution in [0.2, 0.25) is 0 Å². The highest BCUT2D eigenvalue weighted by molar-refractivity contribution is 5.85. The zero-order chi connectivity index (χ0) is 13.8. The number of benzene rings is 1. The molecule has 3 N–H and O–H groups in total. The fourth-order valence-corrected chi connectivity index (χ4v) is 1.80. The van der Waals surface area contributed by atoms with Gasteiger partial charge in [-0.05, 0) is 23.5 Å². The van der Waals surface area contributed by atoms with E-state index in [1.807, 2.05) is 6.92 Å². The molecule has 1 unspecified atom stereocenters. The predicted octanol–water partition coefficient (Wildman–Crippen LogP) is 2.93. The highest BCUT2D eigenvalue weighted by Crippen LogP contribution is 2.23. The minimum absolute atomic E-state index is 0. The average molecular weight is 285 g/mol. The summed E-state index contributed by atoms with van der Waals surface area (Å²) in [6.45, 7) is 8.94. The second kappa shape index (κ2) is 7.51. The van der Waals surface area contributed by atoms with Crippen LogP contribution in [0.1, 0.15) is 51.3 Å². The molecule has 0 saturated carbocycles. The Morgan fingerprint density at radius 1 is 1.26 bits per heavy atom. The molecular formula is C15H25ClN2O. The lowest BCUT2D eigenvalue weighted by atomic mass is 9.86. The molecule has 0 radical (unpaired) electrons. The Labute approximate surface area is 122 Å². The van der Waals surface area contributed by atoms with Gasteiger partial charge in [0.15, 0.2) is 0 Å². The molecule has 19 heavy (non-hydrogen) atoms. The molecule has 1 rings (SSSR count). The number of carbonyl (C=O) groups excluding carboxylic acids is 1. The number of nitrogens with two attached hydrogens (primary N) is 1. The molecule has 0 heterocycles. The number of halogens is 1. The number of carbonyl (C=O) groups is 1. The molecule has 1 aromatic carbocycles. The first-order valence-corrected chi connectivity index (χ1v) is 6.44. The van der Waals surface area contributed by atoms with Crippen LogP contribution in [-0.4, -0.2) is 12.5 Å². The molecule has 0 aromatic heterocycles. The number of amides is 1. The van der Waals surface area contributed by atoms with Crippen LogP contribution in [0.4, 0.5) is 0 Å². The molecule has 4 heteroatoms. The van der Waals surface area contributed by atoms with Gasteiger partial charge in [0, 0.05) is 13.0 Å². The Morgan fingerprint density at radius 2 is 1.79 bits per heavy atom. The van der Waals surface area contributed by atoms with E-state index in [2.05, 4.69) is 50.4 Å². The summed E-state index contributed by atoms with van der Waals surface area (Å²) in [5.74, 6) is 0.00454. The van der Waals surface area contributed by atoms with Crippen LogP contribution in [0.15, 0.2) is 24.3 Å². The van der Waals surface area contributed by atoms with E-state index in [0.717, 1.165) is 5.56 Å². The smallest absolute Gasteiger partial charge is 0.221 e. The topological polar surface area (TPSA) is 55.1 Å². The first kappa shape index (κ1) is 17.9. The first-order valence-electron chi connectivity index (χ1n) is 6.44. The molecule has 0 fully saturated rings. The summed E-state index contributed by atoms with van der Waals surface area (Å²) >= 11 is 0. The van der Waals surface area contributed by atoms with E-state index in [-0.39, 0.29) is 29.8 Å². The van der Waals surface area contributed by atoms with Gasteiger partial charge in [0.25, 0.3) is 0 Å². The van der Waals surface area contributed by atoms with E-state index in [1.54, 1.807) is 0 Å². The minimum atomic E-state index is 0. The molecule has 0 bridgehead atoms. The largest absolute Gasteiger partial charge is 0.350 e. The van der Waals surface area contributed by atoms with Crippen molar-refractivity contribution >= 4 is 18.3 Å². The Bertz CT molecular complexity index is 396. The SMILES string of the molecule is CC(NC(=O)CCN)c1ccc(C(C)(C)C)cc1.Cl. The van der Waals surface area contributed by atoms with E-state index in [1.165, 1.54) is 5.56 Å². The van der Waals surface area contributed by atoms with Crippen molar-refractivity contribution in [1.82, 2.24) is 5.32 Å². The fourth-order valence-electron chi connectivity index (χ4n) is 1.80. The van der Waals surface area contributed by atoms with Gasteiger partial charge >= 0.3 is 0 Å². The summed E-state index contributed by atoms with van der Waals surface area (Å²) < 4.78 is 0. The Hall–Kier alpha value is -1.06. The maximum atomic E-state index is 11.5. The van der Waals surface area contributed by atoms with Crippen LogP contribution in [0.25, 0.3) is 0 Å². The van der Waals surface area contributed by atoms with Crippen LogP contribution in [0.5, 0.6) is 0 Å². The summed E-state index contributed by atoms with van der Waals surface area (Å²) in [7, 11) is 0. The summed E-state index contributed by atoms with van der Waals surface area (Å²) in [4.78, 5) is 11.5. The van der Waals surface area contributed by atoms with Crippen LogP contribution >= 0.6 is 12.4 Å². The second-order valence-corrected chi connectivity index (χ2v) is 5.70. The fraction of sp³-hybridized carbons (Fsp3) is 0.533. The average Bonchev–Trinajstić information content (AvgIpc) is 2.28. The van der Waals surface area contributed by atoms with Crippen molar-refractivity contribution in [3.8, 4) is 0 Å². The lowest BCUT2D eigenvalue weighted by molar-refractivity contribution is -0.121. The lowest BCUT2D eigenvalue weighted by Gasteiger charge is -2.20. The monoisotopic (exact) mass is 284 g/mol. The quantitative estimate of drug-likeness (QED) is 0.893. The van der Waals surface area contributed by atoms with Gasteiger partial charge in [-0.15, -0.1) is 12.4 Å². The van der Waals surface area contributed by atoms with Crippen molar-refractivity contribution in [3.05, 3.63) is 35.4 Å². The van der Waals surface area contributed by atoms with Gasteiger partial charge in [-0.25, -0.2) is 0 Å². The molecule has 0 aliphatic heterocycles. The Morgan fingerprint density at radius 3 is 2.21 bits per heavy atom.